The molecule has 2 aromatic rings. The molecule has 0 spiro atoms. The minimum atomic E-state index is -3.61. The van der Waals surface area contributed by atoms with Gasteiger partial charge in [0.1, 0.15) is 0 Å². The van der Waals surface area contributed by atoms with Crippen LogP contribution in [0.4, 0.5) is 5.69 Å². The average Bonchev–Trinajstić information content (AvgIpc) is 2.71. The summed E-state index contributed by atoms with van der Waals surface area (Å²) in [5.41, 5.74) is 1.20. The number of nitro benzene ring substituents is 1. The van der Waals surface area contributed by atoms with Crippen LogP contribution in [0, 0.1) is 10.1 Å². The van der Waals surface area contributed by atoms with Crippen molar-refractivity contribution in [3.63, 3.8) is 0 Å². The van der Waals surface area contributed by atoms with E-state index in [1.165, 1.54) is 49.6 Å². The van der Waals surface area contributed by atoms with Crippen molar-refractivity contribution < 1.29 is 22.9 Å². The summed E-state index contributed by atoms with van der Waals surface area (Å²) in [6.07, 6.45) is 2.75. The fourth-order valence-corrected chi connectivity index (χ4v) is 3.32. The van der Waals surface area contributed by atoms with E-state index in [4.69, 9.17) is 4.74 Å². The molecule has 0 aliphatic carbocycles. The van der Waals surface area contributed by atoms with Crippen molar-refractivity contribution in [2.75, 3.05) is 20.3 Å². The summed E-state index contributed by atoms with van der Waals surface area (Å²) in [6, 6.07) is 12.0. The van der Waals surface area contributed by atoms with Gasteiger partial charge in [0.25, 0.3) is 5.69 Å². The van der Waals surface area contributed by atoms with Gasteiger partial charge in [-0.3, -0.25) is 14.9 Å². The largest absolute Gasteiger partial charge is 0.383 e. The lowest BCUT2D eigenvalue weighted by atomic mass is 10.2. The Morgan fingerprint density at radius 1 is 1.21 bits per heavy atom. The van der Waals surface area contributed by atoms with Crippen LogP contribution in [0.1, 0.15) is 11.1 Å². The third-order valence-electron chi connectivity index (χ3n) is 3.81. The number of benzene rings is 2. The molecular weight excluding hydrogens is 398 g/mol. The summed E-state index contributed by atoms with van der Waals surface area (Å²) in [7, 11) is -2.12. The van der Waals surface area contributed by atoms with Crippen LogP contribution in [-0.4, -0.2) is 39.5 Å². The number of sulfonamides is 1. The number of nitrogens with one attached hydrogen (secondary N) is 2. The summed E-state index contributed by atoms with van der Waals surface area (Å²) in [4.78, 5) is 22.3. The van der Waals surface area contributed by atoms with Gasteiger partial charge in [-0.15, -0.1) is 0 Å². The van der Waals surface area contributed by atoms with E-state index in [1.54, 1.807) is 18.2 Å². The number of amides is 1. The number of hydrogen-bond donors (Lipinski definition) is 2. The Bertz CT molecular complexity index is 987. The zero-order valence-electron chi connectivity index (χ0n) is 15.7. The second-order valence-electron chi connectivity index (χ2n) is 5.94. The highest BCUT2D eigenvalue weighted by Crippen LogP contribution is 2.14. The van der Waals surface area contributed by atoms with E-state index >= 15 is 0 Å². The van der Waals surface area contributed by atoms with Gasteiger partial charge in [-0.2, -0.15) is 0 Å². The lowest BCUT2D eigenvalue weighted by Gasteiger charge is -2.07. The molecule has 0 aromatic heterocycles. The number of hydrogen-bond acceptors (Lipinski definition) is 6. The van der Waals surface area contributed by atoms with Gasteiger partial charge in [-0.1, -0.05) is 24.3 Å². The number of carbonyl (C=O) groups excluding carboxylic acids is 1. The van der Waals surface area contributed by atoms with Crippen LogP contribution < -0.4 is 10.0 Å². The molecule has 0 fully saturated rings. The zero-order valence-corrected chi connectivity index (χ0v) is 16.5. The maximum atomic E-state index is 12.1. The van der Waals surface area contributed by atoms with Crippen molar-refractivity contribution in [2.45, 2.75) is 11.4 Å². The predicted molar refractivity (Wildman–Crippen MR) is 107 cm³/mol. The zero-order chi connectivity index (χ0) is 21.3. The Morgan fingerprint density at radius 3 is 2.59 bits per heavy atom. The lowest BCUT2D eigenvalue weighted by molar-refractivity contribution is -0.384. The van der Waals surface area contributed by atoms with E-state index in [-0.39, 0.29) is 36.2 Å². The van der Waals surface area contributed by atoms with Crippen LogP contribution in [0.25, 0.3) is 6.08 Å². The molecule has 0 atom stereocenters. The summed E-state index contributed by atoms with van der Waals surface area (Å²) in [5.74, 6) is -0.380. The maximum Gasteiger partial charge on any atom is 0.270 e. The standard InChI is InChI=1S/C19H21N3O6S/c1-28-12-11-21-29(26,27)18-8-5-16(6-9-18)14-20-19(23)10-7-15-3-2-4-17(13-15)22(24)25/h2-10,13,21H,11-12,14H2,1H3,(H,20,23)/b10-7+. The van der Waals surface area contributed by atoms with Crippen LogP contribution in [0.15, 0.2) is 59.5 Å². The number of non-ortho nitro benzene ring substituents is 1. The first-order chi connectivity index (χ1) is 13.8. The van der Waals surface area contributed by atoms with Crippen molar-refractivity contribution in [2.24, 2.45) is 0 Å². The molecule has 154 valence electrons. The first-order valence-corrected chi connectivity index (χ1v) is 10.1. The van der Waals surface area contributed by atoms with E-state index in [0.29, 0.717) is 5.56 Å². The van der Waals surface area contributed by atoms with Crippen molar-refractivity contribution in [1.29, 1.82) is 0 Å². The molecule has 2 aromatic carbocycles. The molecular formula is C19H21N3O6S. The van der Waals surface area contributed by atoms with Gasteiger partial charge < -0.3 is 10.1 Å². The molecule has 9 nitrogen and oxygen atoms in total. The second kappa shape index (κ2) is 10.5. The van der Waals surface area contributed by atoms with Crippen molar-refractivity contribution >= 4 is 27.7 Å². The maximum absolute atomic E-state index is 12.1. The van der Waals surface area contributed by atoms with Crippen molar-refractivity contribution in [3.05, 3.63) is 75.8 Å². The highest BCUT2D eigenvalue weighted by molar-refractivity contribution is 7.89. The quantitative estimate of drug-likeness (QED) is 0.262. The molecule has 0 bridgehead atoms. The van der Waals surface area contributed by atoms with Crippen molar-refractivity contribution in [1.82, 2.24) is 10.0 Å². The summed E-state index contributed by atoms with van der Waals surface area (Å²) in [6.45, 7) is 0.649. The van der Waals surface area contributed by atoms with Crippen LogP contribution in [0.2, 0.25) is 0 Å². The third kappa shape index (κ3) is 7.11. The Hall–Kier alpha value is -3.08. The van der Waals surface area contributed by atoms with Gasteiger partial charge in [0.15, 0.2) is 0 Å². The monoisotopic (exact) mass is 419 g/mol. The molecule has 2 N–H and O–H groups in total. The average molecular weight is 419 g/mol. The van der Waals surface area contributed by atoms with Crippen LogP contribution in [0.5, 0.6) is 0 Å². The van der Waals surface area contributed by atoms with E-state index in [9.17, 15) is 23.3 Å². The van der Waals surface area contributed by atoms with Crippen LogP contribution in [-0.2, 0) is 26.1 Å². The fraction of sp³-hybridized carbons (Fsp3) is 0.211. The summed E-state index contributed by atoms with van der Waals surface area (Å²) < 4.78 is 31.4. The minimum absolute atomic E-state index is 0.0562. The number of carbonyl (C=O) groups is 1. The third-order valence-corrected chi connectivity index (χ3v) is 5.28. The molecule has 0 radical (unpaired) electrons. The van der Waals surface area contributed by atoms with Gasteiger partial charge in [0.05, 0.1) is 16.4 Å². The topological polar surface area (TPSA) is 128 Å². The van der Waals surface area contributed by atoms with Crippen LogP contribution >= 0.6 is 0 Å². The Balaban J connectivity index is 1.90. The Morgan fingerprint density at radius 2 is 1.93 bits per heavy atom. The molecule has 2 rings (SSSR count). The predicted octanol–water partition coefficient (Wildman–Crippen LogP) is 1.85. The van der Waals surface area contributed by atoms with Gasteiger partial charge in [-0.25, -0.2) is 13.1 Å². The fourth-order valence-electron chi connectivity index (χ4n) is 2.31. The van der Waals surface area contributed by atoms with Gasteiger partial charge >= 0.3 is 0 Å². The van der Waals surface area contributed by atoms with Gasteiger partial charge in [-0.05, 0) is 29.3 Å². The smallest absolute Gasteiger partial charge is 0.270 e. The molecule has 1 amide bonds. The van der Waals surface area contributed by atoms with Gasteiger partial charge in [0.2, 0.25) is 15.9 Å². The molecule has 29 heavy (non-hydrogen) atoms. The molecule has 10 heteroatoms. The first-order valence-electron chi connectivity index (χ1n) is 8.60. The highest BCUT2D eigenvalue weighted by Gasteiger charge is 2.12. The highest BCUT2D eigenvalue weighted by atomic mass is 32.2. The minimum Gasteiger partial charge on any atom is -0.383 e. The lowest BCUT2D eigenvalue weighted by Crippen LogP contribution is -2.27. The van der Waals surface area contributed by atoms with Crippen LogP contribution in [0.3, 0.4) is 0 Å². The number of ether oxygens (including phenoxy) is 1. The molecule has 0 saturated carbocycles. The number of rotatable bonds is 10. The van der Waals surface area contributed by atoms with E-state index < -0.39 is 14.9 Å². The molecule has 0 aliphatic heterocycles. The number of methoxy groups -OCH3 is 1. The van der Waals surface area contributed by atoms with E-state index in [2.05, 4.69) is 10.0 Å². The van der Waals surface area contributed by atoms with Crippen molar-refractivity contribution in [3.8, 4) is 0 Å². The molecule has 0 saturated heterocycles. The summed E-state index contributed by atoms with van der Waals surface area (Å²) >= 11 is 0. The second-order valence-corrected chi connectivity index (χ2v) is 7.70. The van der Waals surface area contributed by atoms with E-state index in [0.717, 1.165) is 5.56 Å². The Labute approximate surface area is 168 Å². The Kier molecular flexibility index (Phi) is 8.01. The molecule has 0 aliphatic rings. The number of nitro groups is 1. The molecule has 0 unspecified atom stereocenters. The first kappa shape index (κ1) is 22.2. The number of nitrogens with zero attached hydrogens (tertiary/aromatic N) is 1. The molecule has 0 heterocycles. The normalized spacial score (nSPS) is 11.5. The van der Waals surface area contributed by atoms with Gasteiger partial charge in [0, 0.05) is 38.4 Å². The SMILES string of the molecule is COCCNS(=O)(=O)c1ccc(CNC(=O)/C=C/c2cccc([N+](=O)[O-])c2)cc1. The van der Waals surface area contributed by atoms with E-state index in [1.807, 2.05) is 0 Å². The summed E-state index contributed by atoms with van der Waals surface area (Å²) in [5, 5.41) is 13.4.